The Kier molecular flexibility index (Phi) is 9.92. The lowest BCUT2D eigenvalue weighted by molar-refractivity contribution is -0.253. The maximum absolute atomic E-state index is 12.1. The fourth-order valence-electron chi connectivity index (χ4n) is 4.78. The zero-order valence-electron chi connectivity index (χ0n) is 20.2. The molecule has 2 aliphatic heterocycles. The lowest BCUT2D eigenvalue weighted by atomic mass is 9.99. The van der Waals surface area contributed by atoms with Gasteiger partial charge in [-0.15, -0.1) is 0 Å². The Labute approximate surface area is 227 Å². The van der Waals surface area contributed by atoms with Gasteiger partial charge in [0.15, 0.2) is 6.29 Å². The van der Waals surface area contributed by atoms with Crippen LogP contribution in [0.2, 0.25) is 0 Å². The van der Waals surface area contributed by atoms with E-state index in [-0.39, 0.29) is 18.8 Å². The molecule has 0 spiro atoms. The van der Waals surface area contributed by atoms with Crippen molar-refractivity contribution in [2.75, 3.05) is 25.0 Å². The molecule has 0 aromatic heterocycles. The molecule has 1 amide bonds. The van der Waals surface area contributed by atoms with E-state index in [9.17, 15) is 9.90 Å². The van der Waals surface area contributed by atoms with Crippen molar-refractivity contribution in [2.45, 2.75) is 67.4 Å². The Morgan fingerprint density at radius 1 is 0.972 bits per heavy atom. The summed E-state index contributed by atoms with van der Waals surface area (Å²) < 4.78 is 10.8. The van der Waals surface area contributed by atoms with Gasteiger partial charge in [-0.1, -0.05) is 90.5 Å². The second-order valence-electron chi connectivity index (χ2n) is 9.50. The SMILES string of the molecule is O=C(Nc1cccc([C@H]2O[C@@H](CN3CCCCCCC3)C[C@@H](c3ccc(CO)cc3)O2)c1)C(Cl)(Cl)Cl. The largest absolute Gasteiger partial charge is 0.392 e. The first-order valence-electron chi connectivity index (χ1n) is 12.5. The number of alkyl halides is 3. The minimum atomic E-state index is -2.06. The number of carbonyl (C=O) groups is 1. The smallest absolute Gasteiger partial charge is 0.276 e. The van der Waals surface area contributed by atoms with Crippen molar-refractivity contribution in [3.8, 4) is 0 Å². The monoisotopic (exact) mass is 554 g/mol. The fraction of sp³-hybridized carbons (Fsp3) is 0.519. The van der Waals surface area contributed by atoms with Crippen molar-refractivity contribution in [3.63, 3.8) is 0 Å². The molecule has 2 aliphatic rings. The number of anilines is 1. The Morgan fingerprint density at radius 2 is 1.67 bits per heavy atom. The van der Waals surface area contributed by atoms with Crippen LogP contribution in [0.15, 0.2) is 48.5 Å². The molecule has 0 unspecified atom stereocenters. The summed E-state index contributed by atoms with van der Waals surface area (Å²) in [5.41, 5.74) is 3.16. The summed E-state index contributed by atoms with van der Waals surface area (Å²) in [5, 5.41) is 12.1. The molecule has 3 atom stereocenters. The van der Waals surface area contributed by atoms with E-state index in [2.05, 4.69) is 10.2 Å². The third-order valence-corrected chi connectivity index (χ3v) is 7.21. The zero-order chi connectivity index (χ0) is 25.5. The van der Waals surface area contributed by atoms with E-state index < -0.39 is 16.0 Å². The van der Waals surface area contributed by atoms with Gasteiger partial charge in [0.1, 0.15) is 0 Å². The Bertz CT molecular complexity index is 991. The van der Waals surface area contributed by atoms with E-state index in [0.717, 1.165) is 42.7 Å². The summed E-state index contributed by atoms with van der Waals surface area (Å²) in [6, 6.07) is 15.1. The number of benzene rings is 2. The van der Waals surface area contributed by atoms with Crippen LogP contribution >= 0.6 is 34.8 Å². The first-order chi connectivity index (χ1) is 17.3. The van der Waals surface area contributed by atoms with E-state index in [1.54, 1.807) is 12.1 Å². The molecule has 2 N–H and O–H groups in total. The molecule has 2 aromatic rings. The summed E-state index contributed by atoms with van der Waals surface area (Å²) >= 11 is 17.1. The van der Waals surface area contributed by atoms with E-state index in [1.807, 2.05) is 36.4 Å². The van der Waals surface area contributed by atoms with Crippen molar-refractivity contribution >= 4 is 46.4 Å². The van der Waals surface area contributed by atoms with Gasteiger partial charge < -0.3 is 24.8 Å². The van der Waals surface area contributed by atoms with Gasteiger partial charge in [0.05, 0.1) is 18.8 Å². The molecule has 2 saturated heterocycles. The van der Waals surface area contributed by atoms with E-state index in [4.69, 9.17) is 44.3 Å². The summed E-state index contributed by atoms with van der Waals surface area (Å²) in [5.74, 6) is -0.730. The molecule has 0 bridgehead atoms. The lowest BCUT2D eigenvalue weighted by Gasteiger charge is -2.39. The van der Waals surface area contributed by atoms with E-state index in [0.29, 0.717) is 5.69 Å². The molecular weight excluding hydrogens is 523 g/mol. The summed E-state index contributed by atoms with van der Waals surface area (Å²) in [6.45, 7) is 3.01. The minimum absolute atomic E-state index is 0.00182. The number of likely N-dealkylation sites (tertiary alicyclic amines) is 1. The third-order valence-electron chi connectivity index (χ3n) is 6.70. The minimum Gasteiger partial charge on any atom is -0.392 e. The van der Waals surface area contributed by atoms with Crippen LogP contribution in [0, 0.1) is 0 Å². The normalized spacial score (nSPS) is 24.1. The van der Waals surface area contributed by atoms with Gasteiger partial charge >= 0.3 is 0 Å². The molecule has 0 saturated carbocycles. The molecule has 36 heavy (non-hydrogen) atoms. The topological polar surface area (TPSA) is 71.0 Å². The van der Waals surface area contributed by atoms with Gasteiger partial charge in [-0.05, 0) is 49.2 Å². The number of nitrogens with zero attached hydrogens (tertiary/aromatic N) is 1. The third kappa shape index (κ3) is 7.81. The molecule has 9 heteroatoms. The van der Waals surface area contributed by atoms with Gasteiger partial charge in [-0.2, -0.15) is 0 Å². The number of rotatable bonds is 6. The average molecular weight is 556 g/mol. The number of carbonyl (C=O) groups excluding carboxylic acids is 1. The Balaban J connectivity index is 1.54. The molecule has 196 valence electrons. The highest BCUT2D eigenvalue weighted by Gasteiger charge is 2.34. The van der Waals surface area contributed by atoms with Crippen molar-refractivity contribution in [2.24, 2.45) is 0 Å². The molecule has 2 heterocycles. The number of ether oxygens (including phenoxy) is 2. The van der Waals surface area contributed by atoms with E-state index >= 15 is 0 Å². The first-order valence-corrected chi connectivity index (χ1v) is 13.7. The predicted octanol–water partition coefficient (Wildman–Crippen LogP) is 6.30. The van der Waals surface area contributed by atoms with Crippen LogP contribution in [-0.4, -0.2) is 45.4 Å². The van der Waals surface area contributed by atoms with Gasteiger partial charge in [0.25, 0.3) is 9.70 Å². The number of hydrogen-bond donors (Lipinski definition) is 2. The summed E-state index contributed by atoms with van der Waals surface area (Å²) in [4.78, 5) is 14.7. The molecule has 0 aliphatic carbocycles. The quantitative estimate of drug-likeness (QED) is 0.409. The highest BCUT2D eigenvalue weighted by molar-refractivity contribution is 6.76. The van der Waals surface area contributed by atoms with Crippen LogP contribution in [0.25, 0.3) is 0 Å². The summed E-state index contributed by atoms with van der Waals surface area (Å²) in [6.07, 6.45) is 6.22. The molecule has 2 fully saturated rings. The predicted molar refractivity (Wildman–Crippen MR) is 143 cm³/mol. The van der Waals surface area contributed by atoms with Crippen LogP contribution < -0.4 is 5.32 Å². The number of amides is 1. The van der Waals surface area contributed by atoms with Crippen LogP contribution in [0.1, 0.15) is 67.6 Å². The van der Waals surface area contributed by atoms with Crippen LogP contribution in [-0.2, 0) is 20.9 Å². The van der Waals surface area contributed by atoms with Gasteiger partial charge in [-0.3, -0.25) is 4.79 Å². The number of halogens is 3. The number of aliphatic hydroxyl groups excluding tert-OH is 1. The standard InChI is InChI=1S/C27H33Cl3N2O4/c28-27(29,30)26(34)31-22-8-6-7-21(15-22)25-35-23(17-32-13-4-2-1-3-5-14-32)16-24(36-25)20-11-9-19(18-33)10-12-20/h6-12,15,23-25,33H,1-5,13-14,16-18H2,(H,31,34)/t23-,24+,25+/m1/s1. The van der Waals surface area contributed by atoms with Gasteiger partial charge in [0.2, 0.25) is 0 Å². The lowest BCUT2D eigenvalue weighted by Crippen LogP contribution is -2.40. The average Bonchev–Trinajstić information content (AvgIpc) is 2.85. The van der Waals surface area contributed by atoms with Crippen LogP contribution in [0.4, 0.5) is 5.69 Å². The Morgan fingerprint density at radius 3 is 2.33 bits per heavy atom. The molecule has 0 radical (unpaired) electrons. The van der Waals surface area contributed by atoms with Crippen molar-refractivity contribution in [1.29, 1.82) is 0 Å². The number of nitrogens with one attached hydrogen (secondary N) is 1. The van der Waals surface area contributed by atoms with Crippen LogP contribution in [0.3, 0.4) is 0 Å². The Hall–Kier alpha value is -1.38. The molecule has 6 nitrogen and oxygen atoms in total. The second kappa shape index (κ2) is 12.9. The highest BCUT2D eigenvalue weighted by Crippen LogP contribution is 2.39. The fourth-order valence-corrected chi connectivity index (χ4v) is 4.92. The van der Waals surface area contributed by atoms with Gasteiger partial charge in [-0.25, -0.2) is 0 Å². The maximum atomic E-state index is 12.1. The van der Waals surface area contributed by atoms with E-state index in [1.165, 1.54) is 32.1 Å². The molecule has 4 rings (SSSR count). The summed E-state index contributed by atoms with van der Waals surface area (Å²) in [7, 11) is 0. The van der Waals surface area contributed by atoms with Crippen LogP contribution in [0.5, 0.6) is 0 Å². The maximum Gasteiger partial charge on any atom is 0.276 e. The number of hydrogen-bond acceptors (Lipinski definition) is 5. The highest BCUT2D eigenvalue weighted by atomic mass is 35.6. The van der Waals surface area contributed by atoms with Crippen molar-refractivity contribution in [3.05, 3.63) is 65.2 Å². The number of aliphatic hydroxyl groups is 1. The van der Waals surface area contributed by atoms with Crippen molar-refractivity contribution < 1.29 is 19.4 Å². The molecule has 2 aromatic carbocycles. The van der Waals surface area contributed by atoms with Crippen molar-refractivity contribution in [1.82, 2.24) is 4.90 Å². The molecular formula is C27H33Cl3N2O4. The second-order valence-corrected chi connectivity index (χ2v) is 11.8. The van der Waals surface area contributed by atoms with Gasteiger partial charge in [0, 0.05) is 24.2 Å². The first kappa shape index (κ1) is 27.6. The zero-order valence-corrected chi connectivity index (χ0v) is 22.4.